The molecule has 1 atom stereocenters. The molecule has 1 aliphatic rings. The Morgan fingerprint density at radius 2 is 2.19 bits per heavy atom. The third kappa shape index (κ3) is 5.11. The van der Waals surface area contributed by atoms with Crippen LogP contribution >= 0.6 is 0 Å². The Morgan fingerprint density at radius 1 is 1.35 bits per heavy atom. The van der Waals surface area contributed by atoms with Crippen LogP contribution in [0.5, 0.6) is 0 Å². The molecule has 0 bridgehead atoms. The first-order valence-corrected chi connectivity index (χ1v) is 9.43. The van der Waals surface area contributed by atoms with Crippen molar-refractivity contribution >= 4 is 5.91 Å². The first-order valence-electron chi connectivity index (χ1n) is 9.43. The zero-order valence-electron chi connectivity index (χ0n) is 14.9. The Labute approximate surface area is 153 Å². The second-order valence-electron chi connectivity index (χ2n) is 7.07. The number of nitrogens with one attached hydrogen (secondary N) is 1. The molecule has 2 aromatic heterocycles. The lowest BCUT2D eigenvalue weighted by Crippen LogP contribution is -2.21. The zero-order chi connectivity index (χ0) is 18.2. The van der Waals surface area contributed by atoms with E-state index in [1.54, 1.807) is 17.9 Å². The van der Waals surface area contributed by atoms with E-state index in [9.17, 15) is 4.79 Å². The Balaban J connectivity index is 1.63. The average Bonchev–Trinajstić information content (AvgIpc) is 3.19. The number of pyridine rings is 1. The van der Waals surface area contributed by atoms with E-state index in [2.05, 4.69) is 15.1 Å². The highest BCUT2D eigenvalue weighted by molar-refractivity contribution is 5.75. The number of carbonyl (C=O) groups is 1. The highest BCUT2D eigenvalue weighted by Gasteiger charge is 2.23. The van der Waals surface area contributed by atoms with E-state index in [1.807, 2.05) is 12.1 Å². The van der Waals surface area contributed by atoms with Crippen LogP contribution in [0.25, 0.3) is 11.4 Å². The van der Waals surface area contributed by atoms with Gasteiger partial charge in [-0.3, -0.25) is 15.0 Å². The van der Waals surface area contributed by atoms with Crippen LogP contribution in [0.15, 0.2) is 29.0 Å². The van der Waals surface area contributed by atoms with Crippen LogP contribution in [-0.2, 0) is 4.79 Å². The molecule has 0 unspecified atom stereocenters. The van der Waals surface area contributed by atoms with Crippen LogP contribution in [0.1, 0.15) is 69.6 Å². The van der Waals surface area contributed by atoms with Gasteiger partial charge in [-0.15, -0.1) is 0 Å². The third-order valence-corrected chi connectivity index (χ3v) is 5.16. The first kappa shape index (κ1) is 18.5. The van der Waals surface area contributed by atoms with Crippen molar-refractivity contribution < 1.29 is 14.5 Å². The maximum absolute atomic E-state index is 11.7. The minimum absolute atomic E-state index is 0.135. The van der Waals surface area contributed by atoms with E-state index in [-0.39, 0.29) is 12.3 Å². The molecule has 7 nitrogen and oxygen atoms in total. The van der Waals surface area contributed by atoms with Gasteiger partial charge in [0.2, 0.25) is 17.6 Å². The van der Waals surface area contributed by atoms with E-state index >= 15 is 0 Å². The Bertz CT molecular complexity index is 683. The van der Waals surface area contributed by atoms with E-state index in [0.29, 0.717) is 11.7 Å². The summed E-state index contributed by atoms with van der Waals surface area (Å²) in [7, 11) is 0. The van der Waals surface area contributed by atoms with Crippen LogP contribution in [0, 0.1) is 5.92 Å². The standard InChI is InChI=1S/C19H26N4O3/c24-17(22-25)12-15(9-4-8-14-6-2-1-3-7-14)19-21-18(23-26-19)16-10-5-11-20-13-16/h5,10-11,13-15,25H,1-4,6-9,12H2,(H,22,24)/t15-/m1/s1. The van der Waals surface area contributed by atoms with Gasteiger partial charge in [0.25, 0.3) is 0 Å². The van der Waals surface area contributed by atoms with Crippen molar-refractivity contribution in [3.8, 4) is 11.4 Å². The van der Waals surface area contributed by atoms with Gasteiger partial charge in [-0.05, 0) is 24.5 Å². The third-order valence-electron chi connectivity index (χ3n) is 5.16. The number of aromatic nitrogens is 3. The van der Waals surface area contributed by atoms with Gasteiger partial charge in [0, 0.05) is 30.3 Å². The highest BCUT2D eigenvalue weighted by atomic mass is 16.5. The van der Waals surface area contributed by atoms with Crippen molar-refractivity contribution in [1.29, 1.82) is 0 Å². The molecule has 0 spiro atoms. The van der Waals surface area contributed by atoms with Gasteiger partial charge in [0.15, 0.2) is 0 Å². The van der Waals surface area contributed by atoms with Crippen LogP contribution in [-0.4, -0.2) is 26.2 Å². The summed E-state index contributed by atoms with van der Waals surface area (Å²) in [5.41, 5.74) is 2.48. The molecule has 7 heteroatoms. The van der Waals surface area contributed by atoms with Gasteiger partial charge in [0.05, 0.1) is 0 Å². The smallest absolute Gasteiger partial charge is 0.244 e. The molecule has 0 saturated heterocycles. The summed E-state index contributed by atoms with van der Waals surface area (Å²) in [4.78, 5) is 20.2. The highest BCUT2D eigenvalue weighted by Crippen LogP contribution is 2.31. The van der Waals surface area contributed by atoms with Gasteiger partial charge >= 0.3 is 0 Å². The minimum Gasteiger partial charge on any atom is -0.339 e. The second-order valence-corrected chi connectivity index (χ2v) is 7.07. The number of hydrogen-bond donors (Lipinski definition) is 2. The molecular weight excluding hydrogens is 332 g/mol. The molecule has 2 N–H and O–H groups in total. The zero-order valence-corrected chi connectivity index (χ0v) is 14.9. The van der Waals surface area contributed by atoms with E-state index in [4.69, 9.17) is 9.73 Å². The molecular formula is C19H26N4O3. The van der Waals surface area contributed by atoms with Crippen molar-refractivity contribution in [1.82, 2.24) is 20.6 Å². The van der Waals surface area contributed by atoms with Gasteiger partial charge in [-0.25, -0.2) is 5.48 Å². The average molecular weight is 358 g/mol. The molecule has 2 heterocycles. The van der Waals surface area contributed by atoms with Crippen LogP contribution in [0.2, 0.25) is 0 Å². The van der Waals surface area contributed by atoms with Crippen LogP contribution < -0.4 is 5.48 Å². The molecule has 0 aliphatic heterocycles. The van der Waals surface area contributed by atoms with E-state index in [0.717, 1.165) is 24.3 Å². The monoisotopic (exact) mass is 358 g/mol. The summed E-state index contributed by atoms with van der Waals surface area (Å²) < 4.78 is 5.42. The molecule has 26 heavy (non-hydrogen) atoms. The van der Waals surface area contributed by atoms with Crippen molar-refractivity contribution in [2.45, 2.75) is 63.7 Å². The summed E-state index contributed by atoms with van der Waals surface area (Å²) in [5.74, 6) is 1.08. The van der Waals surface area contributed by atoms with Crippen LogP contribution in [0.3, 0.4) is 0 Å². The van der Waals surface area contributed by atoms with Gasteiger partial charge < -0.3 is 4.52 Å². The number of rotatable bonds is 8. The first-order chi connectivity index (χ1) is 12.8. The normalized spacial score (nSPS) is 16.3. The number of hydrogen-bond acceptors (Lipinski definition) is 6. The lowest BCUT2D eigenvalue weighted by molar-refractivity contribution is -0.129. The Hall–Kier alpha value is -2.28. The van der Waals surface area contributed by atoms with Crippen LogP contribution in [0.4, 0.5) is 0 Å². The molecule has 1 aliphatic carbocycles. The van der Waals surface area contributed by atoms with Crippen molar-refractivity contribution in [3.63, 3.8) is 0 Å². The van der Waals surface area contributed by atoms with Gasteiger partial charge in [-0.2, -0.15) is 4.98 Å². The fourth-order valence-electron chi connectivity index (χ4n) is 3.72. The van der Waals surface area contributed by atoms with Crippen molar-refractivity contribution in [2.24, 2.45) is 5.92 Å². The molecule has 1 amide bonds. The lowest BCUT2D eigenvalue weighted by Gasteiger charge is -2.22. The Kier molecular flexibility index (Phi) is 6.71. The fraction of sp³-hybridized carbons (Fsp3) is 0.579. The molecule has 3 rings (SSSR count). The molecule has 1 fully saturated rings. The lowest BCUT2D eigenvalue weighted by atomic mass is 9.84. The van der Waals surface area contributed by atoms with Gasteiger partial charge in [-0.1, -0.05) is 50.1 Å². The fourth-order valence-corrected chi connectivity index (χ4v) is 3.72. The van der Waals surface area contributed by atoms with Crippen molar-refractivity contribution in [3.05, 3.63) is 30.4 Å². The second kappa shape index (κ2) is 9.43. The summed E-state index contributed by atoms with van der Waals surface area (Å²) >= 11 is 0. The molecule has 2 aromatic rings. The molecule has 0 aromatic carbocycles. The number of amides is 1. The summed E-state index contributed by atoms with van der Waals surface area (Å²) in [6.07, 6.45) is 13.1. The SMILES string of the molecule is O=C(C[C@@H](CCCC1CCCCC1)c1nc(-c2cccnc2)no1)NO. The summed E-state index contributed by atoms with van der Waals surface area (Å²) in [5, 5.41) is 12.9. The van der Waals surface area contributed by atoms with E-state index < -0.39 is 5.91 Å². The molecule has 0 radical (unpaired) electrons. The summed E-state index contributed by atoms with van der Waals surface area (Å²) in [6, 6.07) is 3.67. The topological polar surface area (TPSA) is 101 Å². The number of carbonyl (C=O) groups excluding carboxylic acids is 1. The predicted molar refractivity (Wildman–Crippen MR) is 95.2 cm³/mol. The van der Waals surface area contributed by atoms with Crippen molar-refractivity contribution in [2.75, 3.05) is 0 Å². The van der Waals surface area contributed by atoms with Gasteiger partial charge in [0.1, 0.15) is 0 Å². The molecule has 1 saturated carbocycles. The minimum atomic E-state index is -0.436. The Morgan fingerprint density at radius 3 is 2.92 bits per heavy atom. The predicted octanol–water partition coefficient (Wildman–Crippen LogP) is 3.86. The largest absolute Gasteiger partial charge is 0.339 e. The number of nitrogens with zero attached hydrogens (tertiary/aromatic N) is 3. The maximum Gasteiger partial charge on any atom is 0.244 e. The summed E-state index contributed by atoms with van der Waals surface area (Å²) in [6.45, 7) is 0. The maximum atomic E-state index is 11.7. The van der Waals surface area contributed by atoms with E-state index in [1.165, 1.54) is 38.5 Å². The quantitative estimate of drug-likeness (QED) is 0.549. The molecule has 140 valence electrons. The number of hydroxylamine groups is 1.